The summed E-state index contributed by atoms with van der Waals surface area (Å²) in [5, 5.41) is 4.33. The summed E-state index contributed by atoms with van der Waals surface area (Å²) >= 11 is 12.3. The van der Waals surface area contributed by atoms with Crippen LogP contribution in [-0.2, 0) is 9.84 Å². The average molecular weight is 422 g/mol. The Morgan fingerprint density at radius 3 is 2.41 bits per heavy atom. The number of rotatable bonds is 3. The maximum absolute atomic E-state index is 13.2. The summed E-state index contributed by atoms with van der Waals surface area (Å²) in [6.45, 7) is 3.48. The number of halogens is 2. The van der Waals surface area contributed by atoms with Crippen molar-refractivity contribution in [3.8, 4) is 0 Å². The van der Waals surface area contributed by atoms with Gasteiger partial charge in [0.15, 0.2) is 0 Å². The second-order valence-electron chi connectivity index (χ2n) is 6.30. The lowest BCUT2D eigenvalue weighted by Crippen LogP contribution is -2.43. The molecule has 1 aliphatic heterocycles. The minimum absolute atomic E-state index is 0.0692. The first kappa shape index (κ1) is 18.5. The van der Waals surface area contributed by atoms with Gasteiger partial charge in [0, 0.05) is 43.4 Å². The molecule has 4 rings (SSSR count). The van der Waals surface area contributed by atoms with Crippen LogP contribution >= 0.6 is 23.2 Å². The zero-order valence-corrected chi connectivity index (χ0v) is 16.7. The highest BCUT2D eigenvalue weighted by atomic mass is 35.5. The lowest BCUT2D eigenvalue weighted by atomic mass is 10.1. The Morgan fingerprint density at radius 2 is 1.70 bits per heavy atom. The van der Waals surface area contributed by atoms with E-state index in [1.807, 2.05) is 6.07 Å². The average Bonchev–Trinajstić information content (AvgIpc) is 2.67. The first-order chi connectivity index (χ1) is 13.0. The number of nitrogens with one attached hydrogen (secondary N) is 1. The summed E-state index contributed by atoms with van der Waals surface area (Å²) < 4.78 is 26.4. The largest absolute Gasteiger partial charge is 0.368 e. The van der Waals surface area contributed by atoms with Crippen molar-refractivity contribution in [1.29, 1.82) is 0 Å². The van der Waals surface area contributed by atoms with Crippen LogP contribution in [0.5, 0.6) is 0 Å². The van der Waals surface area contributed by atoms with E-state index >= 15 is 0 Å². The molecule has 0 aliphatic carbocycles. The second kappa shape index (κ2) is 7.28. The van der Waals surface area contributed by atoms with Crippen LogP contribution in [0.2, 0.25) is 10.0 Å². The van der Waals surface area contributed by atoms with Crippen molar-refractivity contribution in [3.05, 3.63) is 58.7 Å². The monoisotopic (exact) mass is 421 g/mol. The topological polar surface area (TPSA) is 62.3 Å². The number of benzene rings is 2. The molecule has 0 spiro atoms. The molecule has 0 atom stereocenters. The van der Waals surface area contributed by atoms with E-state index < -0.39 is 9.84 Å². The fourth-order valence-corrected chi connectivity index (χ4v) is 5.73. The lowest BCUT2D eigenvalue weighted by molar-refractivity contribution is 0.590. The van der Waals surface area contributed by atoms with Gasteiger partial charge in [0.05, 0.1) is 20.5 Å². The third kappa shape index (κ3) is 3.38. The number of sulfone groups is 1. The van der Waals surface area contributed by atoms with Crippen LogP contribution in [-0.4, -0.2) is 39.6 Å². The van der Waals surface area contributed by atoms with Crippen LogP contribution in [0.25, 0.3) is 10.9 Å². The molecule has 0 radical (unpaired) electrons. The highest BCUT2D eigenvalue weighted by molar-refractivity contribution is 7.91. The molecule has 1 fully saturated rings. The van der Waals surface area contributed by atoms with Crippen molar-refractivity contribution in [2.45, 2.75) is 9.79 Å². The number of fused-ring (bicyclic) bond motifs is 1. The molecule has 1 aromatic heterocycles. The van der Waals surface area contributed by atoms with E-state index in [1.165, 1.54) is 12.1 Å². The Morgan fingerprint density at radius 1 is 1.00 bits per heavy atom. The van der Waals surface area contributed by atoms with Crippen molar-refractivity contribution >= 4 is 49.6 Å². The van der Waals surface area contributed by atoms with Crippen LogP contribution in [0.4, 0.5) is 5.69 Å². The van der Waals surface area contributed by atoms with E-state index in [2.05, 4.69) is 15.2 Å². The molecule has 0 unspecified atom stereocenters. The Balaban J connectivity index is 1.88. The van der Waals surface area contributed by atoms with Crippen molar-refractivity contribution in [2.24, 2.45) is 0 Å². The van der Waals surface area contributed by atoms with Gasteiger partial charge in [-0.1, -0.05) is 29.3 Å². The number of aromatic nitrogens is 1. The minimum Gasteiger partial charge on any atom is -0.368 e. The molecular formula is C19H17Cl2N3O2S. The number of nitrogens with zero attached hydrogens (tertiary/aromatic N) is 2. The molecule has 1 aliphatic rings. The Labute approximate surface area is 167 Å². The van der Waals surface area contributed by atoms with Crippen molar-refractivity contribution in [1.82, 2.24) is 10.3 Å². The number of anilines is 1. The standard InChI is InChI=1S/C19H17Cl2N3O2S/c20-15-2-1-3-16(21)19(15)27(25,26)13-4-5-17-14(12-13)18(6-7-23-17)24-10-8-22-9-11-24/h1-7,12,22H,8-11H2. The van der Waals surface area contributed by atoms with E-state index in [9.17, 15) is 8.42 Å². The molecule has 8 heteroatoms. The SMILES string of the molecule is O=S(=O)(c1ccc2nccc(N3CCNCC3)c2c1)c1c(Cl)cccc1Cl. The summed E-state index contributed by atoms with van der Waals surface area (Å²) in [5.41, 5.74) is 1.72. The van der Waals surface area contributed by atoms with Gasteiger partial charge in [0.1, 0.15) is 4.90 Å². The fraction of sp³-hybridized carbons (Fsp3) is 0.211. The van der Waals surface area contributed by atoms with E-state index in [0.29, 0.717) is 0 Å². The van der Waals surface area contributed by atoms with Crippen LogP contribution in [0, 0.1) is 0 Å². The quantitative estimate of drug-likeness (QED) is 0.696. The molecule has 0 saturated carbocycles. The molecule has 5 nitrogen and oxygen atoms in total. The number of pyridine rings is 1. The minimum atomic E-state index is -3.86. The van der Waals surface area contributed by atoms with E-state index in [0.717, 1.165) is 42.8 Å². The molecule has 3 aromatic rings. The third-order valence-electron chi connectivity index (χ3n) is 4.65. The predicted octanol–water partition coefficient (Wildman–Crippen LogP) is 3.78. The number of hydrogen-bond donors (Lipinski definition) is 1. The van der Waals surface area contributed by atoms with Gasteiger partial charge >= 0.3 is 0 Å². The number of hydrogen-bond acceptors (Lipinski definition) is 5. The molecule has 2 aromatic carbocycles. The third-order valence-corrected chi connectivity index (χ3v) is 7.35. The van der Waals surface area contributed by atoms with Gasteiger partial charge in [-0.3, -0.25) is 4.98 Å². The van der Waals surface area contributed by atoms with Crippen molar-refractivity contribution < 1.29 is 8.42 Å². The molecule has 1 N–H and O–H groups in total. The highest BCUT2D eigenvalue weighted by Crippen LogP contribution is 2.35. The first-order valence-electron chi connectivity index (χ1n) is 8.52. The Kier molecular flexibility index (Phi) is 4.99. The molecule has 27 heavy (non-hydrogen) atoms. The zero-order chi connectivity index (χ0) is 19.0. The summed E-state index contributed by atoms with van der Waals surface area (Å²) in [5.74, 6) is 0. The highest BCUT2D eigenvalue weighted by Gasteiger charge is 2.25. The molecule has 1 saturated heterocycles. The van der Waals surface area contributed by atoms with Gasteiger partial charge in [0.2, 0.25) is 9.84 Å². The van der Waals surface area contributed by atoms with Gasteiger partial charge in [-0.25, -0.2) is 8.42 Å². The first-order valence-corrected chi connectivity index (χ1v) is 10.8. The Bertz CT molecular complexity index is 1090. The maximum atomic E-state index is 13.2. The molecular weight excluding hydrogens is 405 g/mol. The molecule has 2 heterocycles. The summed E-state index contributed by atoms with van der Waals surface area (Å²) in [6, 6.07) is 11.5. The van der Waals surface area contributed by atoms with Gasteiger partial charge in [0.25, 0.3) is 0 Å². The van der Waals surface area contributed by atoms with Crippen LogP contribution in [0.1, 0.15) is 0 Å². The summed E-state index contributed by atoms with van der Waals surface area (Å²) in [4.78, 5) is 6.69. The summed E-state index contributed by atoms with van der Waals surface area (Å²) in [6.07, 6.45) is 1.75. The van der Waals surface area contributed by atoms with Crippen LogP contribution in [0.15, 0.2) is 58.5 Å². The zero-order valence-electron chi connectivity index (χ0n) is 14.3. The Hall–Kier alpha value is -1.86. The lowest BCUT2D eigenvalue weighted by Gasteiger charge is -2.30. The summed E-state index contributed by atoms with van der Waals surface area (Å²) in [7, 11) is -3.86. The second-order valence-corrected chi connectivity index (χ2v) is 9.00. The van der Waals surface area contributed by atoms with E-state index in [1.54, 1.807) is 30.5 Å². The fourth-order valence-electron chi connectivity index (χ4n) is 3.32. The normalized spacial score (nSPS) is 15.3. The van der Waals surface area contributed by atoms with E-state index in [4.69, 9.17) is 23.2 Å². The maximum Gasteiger partial charge on any atom is 0.209 e. The van der Waals surface area contributed by atoms with Gasteiger partial charge < -0.3 is 10.2 Å². The molecule has 0 bridgehead atoms. The van der Waals surface area contributed by atoms with Gasteiger partial charge in [-0.05, 0) is 36.4 Å². The van der Waals surface area contributed by atoms with Crippen molar-refractivity contribution in [3.63, 3.8) is 0 Å². The number of piperazine rings is 1. The van der Waals surface area contributed by atoms with Crippen LogP contribution < -0.4 is 10.2 Å². The van der Waals surface area contributed by atoms with Crippen molar-refractivity contribution in [2.75, 3.05) is 31.1 Å². The van der Waals surface area contributed by atoms with Crippen LogP contribution in [0.3, 0.4) is 0 Å². The predicted molar refractivity (Wildman–Crippen MR) is 109 cm³/mol. The smallest absolute Gasteiger partial charge is 0.209 e. The molecule has 140 valence electrons. The molecule has 0 amide bonds. The van der Waals surface area contributed by atoms with Gasteiger partial charge in [-0.15, -0.1) is 0 Å². The van der Waals surface area contributed by atoms with E-state index in [-0.39, 0.29) is 19.8 Å². The van der Waals surface area contributed by atoms with Gasteiger partial charge in [-0.2, -0.15) is 0 Å².